The van der Waals surface area contributed by atoms with Gasteiger partial charge < -0.3 is 20.5 Å². The van der Waals surface area contributed by atoms with E-state index in [1.54, 1.807) is 49.5 Å². The summed E-state index contributed by atoms with van der Waals surface area (Å²) < 4.78 is 1.47. The van der Waals surface area contributed by atoms with Gasteiger partial charge in [-0.1, -0.05) is 12.1 Å². The highest BCUT2D eigenvalue weighted by Gasteiger charge is 2.24. The van der Waals surface area contributed by atoms with E-state index in [4.69, 9.17) is 0 Å². The summed E-state index contributed by atoms with van der Waals surface area (Å²) in [6, 6.07) is 12.4. The lowest BCUT2D eigenvalue weighted by Gasteiger charge is -2.19. The molecule has 3 aromatic rings. The number of hydrogen-bond donors (Lipinski definition) is 3. The highest BCUT2D eigenvalue weighted by atomic mass is 16.2. The SMILES string of the molecule is CNC(=O)c1ccc(Nc2nc(-c3cccc(N4CCNC4=O)c3C)cn(C)c2=O)cc1. The second-order valence-electron chi connectivity index (χ2n) is 7.51. The summed E-state index contributed by atoms with van der Waals surface area (Å²) in [5.41, 5.74) is 4.02. The molecular formula is C23H24N6O3. The Kier molecular flexibility index (Phi) is 5.63. The van der Waals surface area contributed by atoms with E-state index >= 15 is 0 Å². The molecule has 3 N–H and O–H groups in total. The van der Waals surface area contributed by atoms with Gasteiger partial charge >= 0.3 is 6.03 Å². The molecule has 1 aliphatic heterocycles. The molecule has 164 valence electrons. The molecule has 1 aliphatic rings. The second-order valence-corrected chi connectivity index (χ2v) is 7.51. The van der Waals surface area contributed by atoms with Gasteiger partial charge in [-0.15, -0.1) is 0 Å². The van der Waals surface area contributed by atoms with Gasteiger partial charge in [0.15, 0.2) is 5.82 Å². The summed E-state index contributed by atoms with van der Waals surface area (Å²) in [7, 11) is 3.24. The van der Waals surface area contributed by atoms with Gasteiger partial charge in [0.05, 0.1) is 5.69 Å². The van der Waals surface area contributed by atoms with E-state index in [2.05, 4.69) is 20.9 Å². The molecule has 0 saturated carbocycles. The molecule has 4 rings (SSSR count). The number of nitrogens with one attached hydrogen (secondary N) is 3. The Morgan fingerprint density at radius 3 is 2.53 bits per heavy atom. The summed E-state index contributed by atoms with van der Waals surface area (Å²) in [4.78, 5) is 42.8. The summed E-state index contributed by atoms with van der Waals surface area (Å²) >= 11 is 0. The first-order valence-electron chi connectivity index (χ1n) is 10.2. The molecule has 0 radical (unpaired) electrons. The topological polar surface area (TPSA) is 108 Å². The van der Waals surface area contributed by atoms with Crippen LogP contribution in [-0.2, 0) is 7.05 Å². The number of rotatable bonds is 5. The molecule has 0 aliphatic carbocycles. The number of anilines is 3. The van der Waals surface area contributed by atoms with Crippen molar-refractivity contribution in [1.82, 2.24) is 20.2 Å². The number of benzene rings is 2. The molecule has 2 aromatic carbocycles. The Morgan fingerprint density at radius 1 is 1.12 bits per heavy atom. The minimum absolute atomic E-state index is 0.124. The second kappa shape index (κ2) is 8.54. The highest BCUT2D eigenvalue weighted by Crippen LogP contribution is 2.30. The van der Waals surface area contributed by atoms with Gasteiger partial charge in [0, 0.05) is 55.9 Å². The van der Waals surface area contributed by atoms with Gasteiger partial charge in [-0.25, -0.2) is 9.78 Å². The zero-order chi connectivity index (χ0) is 22.8. The number of carbonyl (C=O) groups excluding carboxylic acids is 2. The van der Waals surface area contributed by atoms with Crippen molar-refractivity contribution in [2.24, 2.45) is 7.05 Å². The Morgan fingerprint density at radius 2 is 1.88 bits per heavy atom. The minimum atomic E-state index is -0.281. The van der Waals surface area contributed by atoms with Crippen LogP contribution in [0.1, 0.15) is 15.9 Å². The number of urea groups is 1. The van der Waals surface area contributed by atoms with Gasteiger partial charge in [0.1, 0.15) is 0 Å². The van der Waals surface area contributed by atoms with E-state index in [1.807, 2.05) is 25.1 Å². The van der Waals surface area contributed by atoms with Crippen LogP contribution in [0.25, 0.3) is 11.3 Å². The standard InChI is InChI=1S/C23H24N6O3/c1-14-17(5-4-6-19(14)29-12-11-25-23(29)32)18-13-28(3)22(31)20(27-18)26-16-9-7-15(8-10-16)21(30)24-2/h4-10,13H,11-12H2,1-3H3,(H,24,30)(H,25,32)(H,26,27). The van der Waals surface area contributed by atoms with Crippen LogP contribution in [0, 0.1) is 6.92 Å². The predicted octanol–water partition coefficient (Wildman–Crippen LogP) is 2.39. The molecule has 1 saturated heterocycles. The van der Waals surface area contributed by atoms with Crippen molar-refractivity contribution in [3.05, 3.63) is 70.1 Å². The number of amides is 3. The van der Waals surface area contributed by atoms with Crippen LogP contribution in [0.4, 0.5) is 22.0 Å². The fourth-order valence-electron chi connectivity index (χ4n) is 3.70. The molecule has 3 amide bonds. The Balaban J connectivity index is 1.70. The smallest absolute Gasteiger partial charge is 0.322 e. The van der Waals surface area contributed by atoms with Crippen LogP contribution in [0.15, 0.2) is 53.5 Å². The van der Waals surface area contributed by atoms with Gasteiger partial charge in [-0.05, 0) is 42.8 Å². The van der Waals surface area contributed by atoms with Crippen LogP contribution in [0.5, 0.6) is 0 Å². The van der Waals surface area contributed by atoms with Crippen LogP contribution in [0.3, 0.4) is 0 Å². The summed E-state index contributed by atoms with van der Waals surface area (Å²) in [5.74, 6) is -0.0176. The number of carbonyl (C=O) groups is 2. The monoisotopic (exact) mass is 432 g/mol. The fourth-order valence-corrected chi connectivity index (χ4v) is 3.70. The van der Waals surface area contributed by atoms with E-state index in [1.165, 1.54) is 4.57 Å². The average molecular weight is 432 g/mol. The van der Waals surface area contributed by atoms with Crippen molar-refractivity contribution >= 4 is 29.1 Å². The average Bonchev–Trinajstić information content (AvgIpc) is 3.22. The largest absolute Gasteiger partial charge is 0.355 e. The third-order valence-electron chi connectivity index (χ3n) is 5.44. The molecule has 9 nitrogen and oxygen atoms in total. The molecule has 0 spiro atoms. The van der Waals surface area contributed by atoms with Crippen LogP contribution >= 0.6 is 0 Å². The molecular weight excluding hydrogens is 408 g/mol. The molecule has 2 heterocycles. The third-order valence-corrected chi connectivity index (χ3v) is 5.44. The Bertz CT molecular complexity index is 1250. The van der Waals surface area contributed by atoms with Gasteiger partial charge in [0.2, 0.25) is 0 Å². The van der Waals surface area contributed by atoms with Gasteiger partial charge in [-0.3, -0.25) is 14.5 Å². The maximum atomic E-state index is 12.7. The number of aromatic nitrogens is 2. The maximum absolute atomic E-state index is 12.7. The number of nitrogens with zero attached hydrogens (tertiary/aromatic N) is 3. The van der Waals surface area contributed by atoms with E-state index in [0.717, 1.165) is 16.8 Å². The zero-order valence-corrected chi connectivity index (χ0v) is 18.1. The van der Waals surface area contributed by atoms with Crippen LogP contribution in [0.2, 0.25) is 0 Å². The molecule has 0 atom stereocenters. The first-order valence-corrected chi connectivity index (χ1v) is 10.2. The van der Waals surface area contributed by atoms with Crippen LogP contribution in [-0.4, -0.2) is 41.6 Å². The lowest BCUT2D eigenvalue weighted by atomic mass is 10.0. The normalized spacial score (nSPS) is 13.1. The molecule has 32 heavy (non-hydrogen) atoms. The van der Waals surface area contributed by atoms with E-state index in [0.29, 0.717) is 30.0 Å². The van der Waals surface area contributed by atoms with Crippen LogP contribution < -0.4 is 26.4 Å². The summed E-state index contributed by atoms with van der Waals surface area (Å²) in [6.45, 7) is 3.14. The third kappa shape index (κ3) is 3.92. The van der Waals surface area contributed by atoms with Gasteiger partial charge in [0.25, 0.3) is 11.5 Å². The highest BCUT2D eigenvalue weighted by molar-refractivity contribution is 5.96. The first kappa shape index (κ1) is 21.1. The fraction of sp³-hybridized carbons (Fsp3) is 0.217. The molecule has 0 bridgehead atoms. The van der Waals surface area contributed by atoms with Crippen molar-refractivity contribution < 1.29 is 9.59 Å². The van der Waals surface area contributed by atoms with Crippen molar-refractivity contribution in [3.63, 3.8) is 0 Å². The van der Waals surface area contributed by atoms with Crippen molar-refractivity contribution in [2.75, 3.05) is 30.4 Å². The van der Waals surface area contributed by atoms with Crippen molar-refractivity contribution in [1.29, 1.82) is 0 Å². The van der Waals surface area contributed by atoms with E-state index in [9.17, 15) is 14.4 Å². The first-order chi connectivity index (χ1) is 15.4. The quantitative estimate of drug-likeness (QED) is 0.574. The summed E-state index contributed by atoms with van der Waals surface area (Å²) in [6.07, 6.45) is 1.68. The van der Waals surface area contributed by atoms with Crippen molar-refractivity contribution in [3.8, 4) is 11.3 Å². The van der Waals surface area contributed by atoms with Gasteiger partial charge in [-0.2, -0.15) is 0 Å². The summed E-state index contributed by atoms with van der Waals surface area (Å²) in [5, 5.41) is 8.44. The minimum Gasteiger partial charge on any atom is -0.355 e. The van der Waals surface area contributed by atoms with E-state index < -0.39 is 0 Å². The molecule has 0 unspecified atom stereocenters. The number of aryl methyl sites for hydroxylation is 1. The number of hydrogen-bond acceptors (Lipinski definition) is 5. The molecule has 1 fully saturated rings. The van der Waals surface area contributed by atoms with E-state index in [-0.39, 0.29) is 23.3 Å². The predicted molar refractivity (Wildman–Crippen MR) is 124 cm³/mol. The maximum Gasteiger partial charge on any atom is 0.322 e. The Labute approximate surface area is 185 Å². The zero-order valence-electron chi connectivity index (χ0n) is 18.1. The Hall–Kier alpha value is -4.14. The van der Waals surface area contributed by atoms with Crippen molar-refractivity contribution in [2.45, 2.75) is 6.92 Å². The molecule has 1 aromatic heterocycles. The molecule has 9 heteroatoms. The lowest BCUT2D eigenvalue weighted by Crippen LogP contribution is -2.28. The lowest BCUT2D eigenvalue weighted by molar-refractivity contribution is 0.0963.